The molecule has 0 aliphatic carbocycles. The van der Waals surface area contributed by atoms with E-state index in [0.29, 0.717) is 32.6 Å². The molecule has 1 N–H and O–H groups in total. The summed E-state index contributed by atoms with van der Waals surface area (Å²) in [6, 6.07) is 16.1. The predicted molar refractivity (Wildman–Crippen MR) is 143 cm³/mol. The predicted octanol–water partition coefficient (Wildman–Crippen LogP) is 3.92. The molecule has 0 spiro atoms. The van der Waals surface area contributed by atoms with Crippen LogP contribution < -0.4 is 9.80 Å². The number of rotatable bonds is 5. The molecule has 1 saturated heterocycles. The molecule has 188 valence electrons. The summed E-state index contributed by atoms with van der Waals surface area (Å²) in [5.41, 5.74) is 4.96. The zero-order chi connectivity index (χ0) is 26.1. The number of amides is 1. The molecule has 0 saturated carbocycles. The van der Waals surface area contributed by atoms with E-state index in [4.69, 9.17) is 0 Å². The third kappa shape index (κ3) is 4.49. The minimum absolute atomic E-state index is 0.00568. The lowest BCUT2D eigenvalue weighted by Crippen LogP contribution is -2.55. The van der Waals surface area contributed by atoms with Crippen molar-refractivity contribution in [1.82, 2.24) is 9.88 Å². The molecular formula is C29H29N5O3. The number of piperazine rings is 1. The average Bonchev–Trinajstić information content (AvgIpc) is 2.91. The second-order valence-electron chi connectivity index (χ2n) is 9.58. The van der Waals surface area contributed by atoms with Crippen molar-refractivity contribution < 1.29 is 14.7 Å². The van der Waals surface area contributed by atoms with E-state index in [9.17, 15) is 20.0 Å². The molecule has 0 radical (unpaired) electrons. The number of aryl methyl sites for hydroxylation is 1. The summed E-state index contributed by atoms with van der Waals surface area (Å²) in [5, 5.41) is 21.6. The van der Waals surface area contributed by atoms with Crippen LogP contribution in [0.3, 0.4) is 0 Å². The highest BCUT2D eigenvalue weighted by atomic mass is 16.4. The quantitative estimate of drug-likeness (QED) is 0.536. The Bertz CT molecular complexity index is 1440. The van der Waals surface area contributed by atoms with Crippen molar-refractivity contribution in [2.45, 2.75) is 32.4 Å². The maximum atomic E-state index is 12.3. The first-order valence-electron chi connectivity index (χ1n) is 12.5. The number of hydrogen-bond donors (Lipinski definition) is 1. The van der Waals surface area contributed by atoms with Gasteiger partial charge in [0, 0.05) is 48.5 Å². The molecule has 5 rings (SSSR count). The Morgan fingerprint density at radius 3 is 2.68 bits per heavy atom. The standard InChI is InChI=1S/C29H29N5O3/c1-3-27(35)34-15-14-33(17-21(34)10-12-30)26-16-23(29(36)37)31-24-18-32(13-11-22(24)26)25-9-5-8-20-7-4-6-19(2)28(20)25/h3-9,16,21H,1,10-11,13-15,17-18H2,2H3,(H,36,37). The van der Waals surface area contributed by atoms with Crippen LogP contribution in [-0.2, 0) is 17.8 Å². The van der Waals surface area contributed by atoms with E-state index in [1.165, 1.54) is 22.4 Å². The Labute approximate surface area is 216 Å². The monoisotopic (exact) mass is 495 g/mol. The van der Waals surface area contributed by atoms with Gasteiger partial charge in [-0.1, -0.05) is 36.9 Å². The van der Waals surface area contributed by atoms with Crippen LogP contribution in [-0.4, -0.2) is 59.1 Å². The summed E-state index contributed by atoms with van der Waals surface area (Å²) in [6.45, 7) is 8.42. The molecule has 2 aliphatic heterocycles. The number of aromatic carboxylic acids is 1. The Balaban J connectivity index is 1.51. The molecule has 1 unspecified atom stereocenters. The van der Waals surface area contributed by atoms with E-state index in [-0.39, 0.29) is 24.1 Å². The number of nitriles is 1. The van der Waals surface area contributed by atoms with Crippen molar-refractivity contribution in [3.8, 4) is 6.07 Å². The highest BCUT2D eigenvalue weighted by Gasteiger charge is 2.32. The van der Waals surface area contributed by atoms with Gasteiger partial charge in [0.25, 0.3) is 0 Å². The van der Waals surface area contributed by atoms with E-state index in [1.807, 2.05) is 0 Å². The Morgan fingerprint density at radius 2 is 1.95 bits per heavy atom. The smallest absolute Gasteiger partial charge is 0.354 e. The number of carboxylic acids is 1. The van der Waals surface area contributed by atoms with Gasteiger partial charge in [0.15, 0.2) is 5.69 Å². The molecule has 8 nitrogen and oxygen atoms in total. The third-order valence-corrected chi connectivity index (χ3v) is 7.42. The van der Waals surface area contributed by atoms with E-state index < -0.39 is 5.97 Å². The van der Waals surface area contributed by atoms with Crippen molar-refractivity contribution in [2.24, 2.45) is 0 Å². The average molecular weight is 496 g/mol. The zero-order valence-corrected chi connectivity index (χ0v) is 20.9. The molecule has 1 amide bonds. The van der Waals surface area contributed by atoms with E-state index >= 15 is 0 Å². The van der Waals surface area contributed by atoms with Crippen molar-refractivity contribution >= 4 is 34.0 Å². The number of carbonyl (C=O) groups excluding carboxylic acids is 1. The fourth-order valence-electron chi connectivity index (χ4n) is 5.65. The number of anilines is 2. The second-order valence-corrected chi connectivity index (χ2v) is 9.58. The van der Waals surface area contributed by atoms with Crippen molar-refractivity contribution in [3.05, 3.63) is 77.6 Å². The first-order chi connectivity index (χ1) is 17.9. The largest absolute Gasteiger partial charge is 0.477 e. The normalized spacial score (nSPS) is 17.3. The van der Waals surface area contributed by atoms with Crippen LogP contribution in [0.4, 0.5) is 11.4 Å². The zero-order valence-electron chi connectivity index (χ0n) is 20.9. The summed E-state index contributed by atoms with van der Waals surface area (Å²) in [4.78, 5) is 35.0. The fourth-order valence-corrected chi connectivity index (χ4v) is 5.65. The van der Waals surface area contributed by atoms with Gasteiger partial charge >= 0.3 is 5.97 Å². The van der Waals surface area contributed by atoms with E-state index in [1.54, 1.807) is 11.0 Å². The van der Waals surface area contributed by atoms with Crippen LogP contribution in [0.15, 0.2) is 55.1 Å². The van der Waals surface area contributed by atoms with Gasteiger partial charge in [-0.3, -0.25) is 4.79 Å². The molecule has 1 aromatic heterocycles. The molecule has 37 heavy (non-hydrogen) atoms. The molecule has 3 aromatic rings. The number of fused-ring (bicyclic) bond motifs is 2. The lowest BCUT2D eigenvalue weighted by molar-refractivity contribution is -0.128. The summed E-state index contributed by atoms with van der Waals surface area (Å²) in [5.74, 6) is -1.26. The third-order valence-electron chi connectivity index (χ3n) is 7.42. The Hall–Kier alpha value is -4.38. The summed E-state index contributed by atoms with van der Waals surface area (Å²) in [7, 11) is 0. The maximum Gasteiger partial charge on any atom is 0.354 e. The lowest BCUT2D eigenvalue weighted by Gasteiger charge is -2.43. The highest BCUT2D eigenvalue weighted by molar-refractivity contribution is 5.97. The van der Waals surface area contributed by atoms with Crippen LogP contribution in [0.2, 0.25) is 0 Å². The number of carbonyl (C=O) groups is 2. The molecule has 1 atom stereocenters. The summed E-state index contributed by atoms with van der Waals surface area (Å²) >= 11 is 0. The highest BCUT2D eigenvalue weighted by Crippen LogP contribution is 2.36. The SMILES string of the molecule is C=CC(=O)N1CCN(c2cc(C(=O)O)nc3c2CCN(c2cccc4cccc(C)c24)C3)CC1CC#N. The number of carboxylic acid groups (broad SMARTS) is 1. The fraction of sp³-hybridized carbons (Fsp3) is 0.310. The van der Waals surface area contributed by atoms with Crippen LogP contribution in [0.25, 0.3) is 10.8 Å². The van der Waals surface area contributed by atoms with Gasteiger partial charge in [-0.05, 0) is 42.5 Å². The molecule has 8 heteroatoms. The first kappa shape index (κ1) is 24.3. The molecule has 0 bridgehead atoms. The van der Waals surface area contributed by atoms with Gasteiger partial charge in [0.2, 0.25) is 5.91 Å². The summed E-state index contributed by atoms with van der Waals surface area (Å²) in [6.07, 6.45) is 2.19. The van der Waals surface area contributed by atoms with Crippen molar-refractivity contribution in [3.63, 3.8) is 0 Å². The van der Waals surface area contributed by atoms with Gasteiger partial charge < -0.3 is 19.8 Å². The van der Waals surface area contributed by atoms with Gasteiger partial charge in [0.1, 0.15) is 0 Å². The number of pyridine rings is 1. The molecule has 2 aromatic carbocycles. The molecular weight excluding hydrogens is 466 g/mol. The van der Waals surface area contributed by atoms with Gasteiger partial charge in [0.05, 0.1) is 30.8 Å². The van der Waals surface area contributed by atoms with Crippen LogP contribution in [0.1, 0.15) is 33.7 Å². The van der Waals surface area contributed by atoms with Gasteiger partial charge in [-0.15, -0.1) is 0 Å². The minimum Gasteiger partial charge on any atom is -0.477 e. The van der Waals surface area contributed by atoms with Crippen molar-refractivity contribution in [1.29, 1.82) is 5.26 Å². The van der Waals surface area contributed by atoms with Crippen molar-refractivity contribution in [2.75, 3.05) is 36.0 Å². The van der Waals surface area contributed by atoms with Crippen LogP contribution in [0.5, 0.6) is 0 Å². The van der Waals surface area contributed by atoms with E-state index in [2.05, 4.69) is 70.8 Å². The lowest BCUT2D eigenvalue weighted by atomic mass is 9.97. The maximum absolute atomic E-state index is 12.3. The number of nitrogens with zero attached hydrogens (tertiary/aromatic N) is 5. The minimum atomic E-state index is -1.07. The topological polar surface area (TPSA) is 101 Å². The first-order valence-corrected chi connectivity index (χ1v) is 12.5. The van der Waals surface area contributed by atoms with Gasteiger partial charge in [-0.25, -0.2) is 9.78 Å². The molecule has 1 fully saturated rings. The molecule has 2 aliphatic rings. The van der Waals surface area contributed by atoms with Crippen LogP contribution in [0, 0.1) is 18.3 Å². The van der Waals surface area contributed by atoms with Gasteiger partial charge in [-0.2, -0.15) is 5.26 Å². The second kappa shape index (κ2) is 9.94. The molecule has 3 heterocycles. The number of hydrogen-bond acceptors (Lipinski definition) is 6. The Kier molecular flexibility index (Phi) is 6.53. The number of aromatic nitrogens is 1. The van der Waals surface area contributed by atoms with E-state index in [0.717, 1.165) is 29.2 Å². The number of benzene rings is 2. The van der Waals surface area contributed by atoms with Crippen LogP contribution >= 0.6 is 0 Å². The Morgan fingerprint density at radius 1 is 1.16 bits per heavy atom. The summed E-state index contributed by atoms with van der Waals surface area (Å²) < 4.78 is 0.